The van der Waals surface area contributed by atoms with E-state index < -0.39 is 0 Å². The molecule has 2 rings (SSSR count). The molecule has 1 nitrogen and oxygen atoms in total. The second-order valence-corrected chi connectivity index (χ2v) is 3.72. The first-order chi connectivity index (χ1) is 6.77. The van der Waals surface area contributed by atoms with E-state index in [4.69, 9.17) is 4.42 Å². The fourth-order valence-electron chi connectivity index (χ4n) is 1.42. The lowest BCUT2D eigenvalue weighted by Crippen LogP contribution is -1.80. The maximum absolute atomic E-state index is 5.73. The first-order valence-corrected chi connectivity index (χ1v) is 4.92. The van der Waals surface area contributed by atoms with E-state index in [0.29, 0.717) is 5.92 Å². The van der Waals surface area contributed by atoms with Gasteiger partial charge in [-0.05, 0) is 12.1 Å². The van der Waals surface area contributed by atoms with Crippen LogP contribution in [-0.2, 0) is 0 Å². The van der Waals surface area contributed by atoms with Gasteiger partial charge in [-0.1, -0.05) is 44.2 Å². The number of hydrogen-bond donors (Lipinski definition) is 0. The van der Waals surface area contributed by atoms with Crippen molar-refractivity contribution in [1.82, 2.24) is 0 Å². The largest absolute Gasteiger partial charge is 0.461 e. The molecule has 1 heterocycles. The maximum Gasteiger partial charge on any atom is 0.134 e. The fraction of sp³-hybridized carbons (Fsp3) is 0.231. The van der Waals surface area contributed by atoms with E-state index in [1.165, 1.54) is 0 Å². The number of hydrogen-bond acceptors (Lipinski definition) is 1. The lowest BCUT2D eigenvalue weighted by Gasteiger charge is -1.99. The molecule has 14 heavy (non-hydrogen) atoms. The molecule has 1 aromatic heterocycles. The van der Waals surface area contributed by atoms with Gasteiger partial charge < -0.3 is 4.42 Å². The van der Waals surface area contributed by atoms with E-state index in [0.717, 1.165) is 17.1 Å². The zero-order chi connectivity index (χ0) is 9.97. The smallest absolute Gasteiger partial charge is 0.134 e. The highest BCUT2D eigenvalue weighted by atomic mass is 16.3. The predicted molar refractivity (Wildman–Crippen MR) is 58.2 cm³/mol. The molecule has 0 N–H and O–H groups in total. The van der Waals surface area contributed by atoms with Crippen molar-refractivity contribution in [2.75, 3.05) is 0 Å². The molecule has 1 aromatic carbocycles. The van der Waals surface area contributed by atoms with Crippen LogP contribution in [0.5, 0.6) is 0 Å². The Bertz CT molecular complexity index is 398. The summed E-state index contributed by atoms with van der Waals surface area (Å²) in [4.78, 5) is 0. The Balaban J connectivity index is 2.34. The van der Waals surface area contributed by atoms with Crippen molar-refractivity contribution < 1.29 is 4.42 Å². The molecular weight excluding hydrogens is 172 g/mol. The zero-order valence-electron chi connectivity index (χ0n) is 8.53. The molecular formula is C13H14O. The van der Waals surface area contributed by atoms with Crippen LogP contribution in [0.4, 0.5) is 0 Å². The summed E-state index contributed by atoms with van der Waals surface area (Å²) in [7, 11) is 0. The molecule has 0 fully saturated rings. The van der Waals surface area contributed by atoms with Crippen LogP contribution in [0, 0.1) is 0 Å². The van der Waals surface area contributed by atoms with Crippen molar-refractivity contribution in [3.8, 4) is 11.3 Å². The van der Waals surface area contributed by atoms with Gasteiger partial charge in [0.25, 0.3) is 0 Å². The predicted octanol–water partition coefficient (Wildman–Crippen LogP) is 4.07. The van der Waals surface area contributed by atoms with Gasteiger partial charge in [-0.15, -0.1) is 0 Å². The number of furan rings is 1. The van der Waals surface area contributed by atoms with Gasteiger partial charge in [0, 0.05) is 11.5 Å². The Morgan fingerprint density at radius 2 is 1.64 bits per heavy atom. The third kappa shape index (κ3) is 1.72. The van der Waals surface area contributed by atoms with E-state index in [2.05, 4.69) is 26.0 Å². The van der Waals surface area contributed by atoms with Gasteiger partial charge >= 0.3 is 0 Å². The third-order valence-electron chi connectivity index (χ3n) is 2.25. The van der Waals surface area contributed by atoms with Crippen molar-refractivity contribution in [2.24, 2.45) is 0 Å². The SMILES string of the molecule is CC(C)c1ccc(-c2ccccc2)o1. The fourth-order valence-corrected chi connectivity index (χ4v) is 1.42. The molecule has 0 unspecified atom stereocenters. The van der Waals surface area contributed by atoms with Crippen molar-refractivity contribution in [3.63, 3.8) is 0 Å². The van der Waals surface area contributed by atoms with Gasteiger partial charge in [-0.3, -0.25) is 0 Å². The van der Waals surface area contributed by atoms with Gasteiger partial charge in [-0.25, -0.2) is 0 Å². The van der Waals surface area contributed by atoms with Crippen LogP contribution in [0.2, 0.25) is 0 Å². The highest BCUT2D eigenvalue weighted by Crippen LogP contribution is 2.25. The summed E-state index contributed by atoms with van der Waals surface area (Å²) < 4.78 is 5.73. The Labute approximate surface area is 84.4 Å². The lowest BCUT2D eigenvalue weighted by molar-refractivity contribution is 0.498. The third-order valence-corrected chi connectivity index (χ3v) is 2.25. The van der Waals surface area contributed by atoms with Crippen molar-refractivity contribution in [2.45, 2.75) is 19.8 Å². The Kier molecular flexibility index (Phi) is 2.40. The Morgan fingerprint density at radius 1 is 0.929 bits per heavy atom. The highest BCUT2D eigenvalue weighted by Gasteiger charge is 2.06. The first kappa shape index (κ1) is 9.07. The Morgan fingerprint density at radius 3 is 2.21 bits per heavy atom. The van der Waals surface area contributed by atoms with Gasteiger partial charge in [0.1, 0.15) is 11.5 Å². The molecule has 0 aliphatic rings. The quantitative estimate of drug-likeness (QED) is 0.689. The second kappa shape index (κ2) is 3.70. The number of rotatable bonds is 2. The molecule has 72 valence electrons. The molecule has 0 aliphatic carbocycles. The molecule has 0 aliphatic heterocycles. The average Bonchev–Trinajstić information content (AvgIpc) is 2.68. The van der Waals surface area contributed by atoms with E-state index in [9.17, 15) is 0 Å². The van der Waals surface area contributed by atoms with E-state index in [1.807, 2.05) is 30.3 Å². The van der Waals surface area contributed by atoms with Crippen molar-refractivity contribution >= 4 is 0 Å². The van der Waals surface area contributed by atoms with E-state index in [1.54, 1.807) is 0 Å². The molecule has 0 amide bonds. The zero-order valence-corrected chi connectivity index (χ0v) is 8.53. The van der Waals surface area contributed by atoms with E-state index >= 15 is 0 Å². The van der Waals surface area contributed by atoms with E-state index in [-0.39, 0.29) is 0 Å². The number of benzene rings is 1. The standard InChI is InChI=1S/C13H14O/c1-10(2)12-8-9-13(14-12)11-6-4-3-5-7-11/h3-10H,1-2H3. The lowest BCUT2D eigenvalue weighted by atomic mass is 10.1. The molecule has 0 bridgehead atoms. The van der Waals surface area contributed by atoms with Gasteiger partial charge in [-0.2, -0.15) is 0 Å². The van der Waals surface area contributed by atoms with Gasteiger partial charge in [0.2, 0.25) is 0 Å². The molecule has 1 heteroatoms. The molecule has 0 saturated carbocycles. The summed E-state index contributed by atoms with van der Waals surface area (Å²) >= 11 is 0. The maximum atomic E-state index is 5.73. The summed E-state index contributed by atoms with van der Waals surface area (Å²) in [6, 6.07) is 14.2. The van der Waals surface area contributed by atoms with Crippen molar-refractivity contribution in [3.05, 3.63) is 48.2 Å². The summed E-state index contributed by atoms with van der Waals surface area (Å²) in [5.41, 5.74) is 1.14. The minimum absolute atomic E-state index is 0.451. The van der Waals surface area contributed by atoms with Crippen LogP contribution in [-0.4, -0.2) is 0 Å². The minimum atomic E-state index is 0.451. The van der Waals surface area contributed by atoms with Crippen LogP contribution in [0.1, 0.15) is 25.5 Å². The van der Waals surface area contributed by atoms with Gasteiger partial charge in [0.05, 0.1) is 0 Å². The van der Waals surface area contributed by atoms with Gasteiger partial charge in [0.15, 0.2) is 0 Å². The summed E-state index contributed by atoms with van der Waals surface area (Å²) in [5.74, 6) is 2.45. The van der Waals surface area contributed by atoms with Crippen LogP contribution in [0.3, 0.4) is 0 Å². The molecule has 0 spiro atoms. The Hall–Kier alpha value is -1.50. The van der Waals surface area contributed by atoms with Crippen molar-refractivity contribution in [1.29, 1.82) is 0 Å². The highest BCUT2D eigenvalue weighted by molar-refractivity contribution is 5.57. The second-order valence-electron chi connectivity index (χ2n) is 3.72. The summed E-state index contributed by atoms with van der Waals surface area (Å²) in [5, 5.41) is 0. The average molecular weight is 186 g/mol. The normalized spacial score (nSPS) is 10.8. The molecule has 0 saturated heterocycles. The monoisotopic (exact) mass is 186 g/mol. The minimum Gasteiger partial charge on any atom is -0.461 e. The van der Waals surface area contributed by atoms with Crippen LogP contribution < -0.4 is 0 Å². The van der Waals surface area contributed by atoms with Crippen LogP contribution in [0.15, 0.2) is 46.9 Å². The first-order valence-electron chi connectivity index (χ1n) is 4.92. The summed E-state index contributed by atoms with van der Waals surface area (Å²) in [6.45, 7) is 4.27. The molecule has 2 aromatic rings. The topological polar surface area (TPSA) is 13.1 Å². The molecule has 0 atom stereocenters. The van der Waals surface area contributed by atoms with Crippen LogP contribution in [0.25, 0.3) is 11.3 Å². The summed E-state index contributed by atoms with van der Waals surface area (Å²) in [6.07, 6.45) is 0. The van der Waals surface area contributed by atoms with Crippen LogP contribution >= 0.6 is 0 Å². The molecule has 0 radical (unpaired) electrons.